The van der Waals surface area contributed by atoms with E-state index in [1.54, 1.807) is 0 Å². The monoisotopic (exact) mass is 322 g/mol. The number of amides is 1. The minimum atomic E-state index is -0.208. The summed E-state index contributed by atoms with van der Waals surface area (Å²) in [6.45, 7) is 4.60. The molecule has 126 valence electrons. The van der Waals surface area contributed by atoms with Gasteiger partial charge in [0, 0.05) is 12.6 Å². The van der Waals surface area contributed by atoms with Crippen molar-refractivity contribution >= 4 is 5.91 Å². The second kappa shape index (κ2) is 7.63. The van der Waals surface area contributed by atoms with Gasteiger partial charge in [-0.3, -0.25) is 10.1 Å². The van der Waals surface area contributed by atoms with E-state index < -0.39 is 0 Å². The Kier molecular flexibility index (Phi) is 5.31. The highest BCUT2D eigenvalue weighted by Crippen LogP contribution is 2.41. The molecule has 3 heteroatoms. The predicted octanol–water partition coefficient (Wildman–Crippen LogP) is 3.74. The molecule has 1 aliphatic carbocycles. The molecular weight excluding hydrogens is 296 g/mol. The largest absolute Gasteiger partial charge is 0.351 e. The Hall–Kier alpha value is -2.13. The number of benzene rings is 2. The summed E-state index contributed by atoms with van der Waals surface area (Å²) in [7, 11) is 0. The quantitative estimate of drug-likeness (QED) is 0.815. The summed E-state index contributed by atoms with van der Waals surface area (Å²) < 4.78 is 0. The predicted molar refractivity (Wildman–Crippen MR) is 97.5 cm³/mol. The van der Waals surface area contributed by atoms with Crippen LogP contribution < -0.4 is 10.6 Å². The Labute approximate surface area is 144 Å². The maximum absolute atomic E-state index is 12.5. The Morgan fingerprint density at radius 3 is 2.42 bits per heavy atom. The van der Waals surface area contributed by atoms with Gasteiger partial charge >= 0.3 is 0 Å². The number of hydrogen-bond acceptors (Lipinski definition) is 2. The number of hydrogen-bond donors (Lipinski definition) is 2. The van der Waals surface area contributed by atoms with Crippen molar-refractivity contribution in [2.24, 2.45) is 5.92 Å². The standard InChI is InChI=1S/C21H26N2O/c1-15-8-6-7-11-19(15)14-22-21(24)16(2)23-20(18-12-13-18)17-9-4-3-5-10-17/h3-11,16,18,20,23H,12-14H2,1-2H3,(H,22,24). The van der Waals surface area contributed by atoms with Crippen LogP contribution in [0.15, 0.2) is 54.6 Å². The van der Waals surface area contributed by atoms with Gasteiger partial charge in [0.1, 0.15) is 0 Å². The molecule has 2 aromatic rings. The highest BCUT2D eigenvalue weighted by Gasteiger charge is 2.33. The van der Waals surface area contributed by atoms with E-state index in [0.29, 0.717) is 12.5 Å². The van der Waals surface area contributed by atoms with Crippen molar-refractivity contribution in [1.82, 2.24) is 10.6 Å². The molecule has 2 unspecified atom stereocenters. The van der Waals surface area contributed by atoms with Gasteiger partial charge in [0.25, 0.3) is 0 Å². The molecule has 1 fully saturated rings. The lowest BCUT2D eigenvalue weighted by atomic mass is 10.0. The van der Waals surface area contributed by atoms with Gasteiger partial charge in [-0.25, -0.2) is 0 Å². The fraction of sp³-hybridized carbons (Fsp3) is 0.381. The van der Waals surface area contributed by atoms with E-state index in [2.05, 4.69) is 54.0 Å². The molecule has 0 aromatic heterocycles. The van der Waals surface area contributed by atoms with Gasteiger partial charge in [-0.05, 0) is 49.3 Å². The smallest absolute Gasteiger partial charge is 0.237 e. The molecule has 0 aliphatic heterocycles. The summed E-state index contributed by atoms with van der Waals surface area (Å²) in [6.07, 6.45) is 2.48. The molecule has 1 saturated carbocycles. The first-order valence-corrected chi connectivity index (χ1v) is 8.78. The van der Waals surface area contributed by atoms with Gasteiger partial charge < -0.3 is 5.32 Å². The SMILES string of the molecule is Cc1ccccc1CNC(=O)C(C)NC(c1ccccc1)C1CC1. The first-order valence-electron chi connectivity index (χ1n) is 8.78. The molecule has 24 heavy (non-hydrogen) atoms. The molecule has 0 heterocycles. The number of carbonyl (C=O) groups is 1. The normalized spacial score (nSPS) is 16.4. The minimum Gasteiger partial charge on any atom is -0.351 e. The summed E-state index contributed by atoms with van der Waals surface area (Å²) in [6, 6.07) is 18.7. The molecule has 0 saturated heterocycles. The first kappa shape index (κ1) is 16.7. The van der Waals surface area contributed by atoms with Gasteiger partial charge in [-0.15, -0.1) is 0 Å². The van der Waals surface area contributed by atoms with Crippen LogP contribution in [0.2, 0.25) is 0 Å². The average molecular weight is 322 g/mol. The van der Waals surface area contributed by atoms with Gasteiger partial charge in [-0.2, -0.15) is 0 Å². The maximum atomic E-state index is 12.5. The molecular formula is C21H26N2O. The van der Waals surface area contributed by atoms with Crippen molar-refractivity contribution in [2.75, 3.05) is 0 Å². The van der Waals surface area contributed by atoms with Crippen molar-refractivity contribution < 1.29 is 4.79 Å². The van der Waals surface area contributed by atoms with E-state index in [9.17, 15) is 4.79 Å². The molecule has 1 amide bonds. The van der Waals surface area contributed by atoms with Crippen molar-refractivity contribution in [2.45, 2.75) is 45.3 Å². The van der Waals surface area contributed by atoms with Crippen molar-refractivity contribution in [3.8, 4) is 0 Å². The van der Waals surface area contributed by atoms with Crippen LogP contribution in [0, 0.1) is 12.8 Å². The number of rotatable bonds is 7. The van der Waals surface area contributed by atoms with E-state index >= 15 is 0 Å². The molecule has 1 aliphatic rings. The average Bonchev–Trinajstić information content (AvgIpc) is 3.44. The van der Waals surface area contributed by atoms with Crippen LogP contribution in [-0.2, 0) is 11.3 Å². The Morgan fingerprint density at radius 2 is 1.75 bits per heavy atom. The van der Waals surface area contributed by atoms with Crippen LogP contribution in [0.4, 0.5) is 0 Å². The summed E-state index contributed by atoms with van der Waals surface area (Å²) in [5, 5.41) is 6.59. The second-order valence-corrected chi connectivity index (χ2v) is 6.76. The van der Waals surface area contributed by atoms with E-state index in [-0.39, 0.29) is 18.0 Å². The minimum absolute atomic E-state index is 0.0554. The Morgan fingerprint density at radius 1 is 1.08 bits per heavy atom. The van der Waals surface area contributed by atoms with Gasteiger partial charge in [0.2, 0.25) is 5.91 Å². The summed E-state index contributed by atoms with van der Waals surface area (Å²) >= 11 is 0. The maximum Gasteiger partial charge on any atom is 0.237 e. The van der Waals surface area contributed by atoms with E-state index in [0.717, 1.165) is 0 Å². The van der Waals surface area contributed by atoms with Gasteiger partial charge in [-0.1, -0.05) is 54.6 Å². The zero-order chi connectivity index (χ0) is 16.9. The first-order chi connectivity index (χ1) is 11.6. The van der Waals surface area contributed by atoms with E-state index in [1.165, 1.54) is 29.5 Å². The van der Waals surface area contributed by atoms with Gasteiger partial charge in [0.15, 0.2) is 0 Å². The zero-order valence-corrected chi connectivity index (χ0v) is 14.5. The molecule has 2 N–H and O–H groups in total. The fourth-order valence-corrected chi connectivity index (χ4v) is 3.08. The molecule has 3 nitrogen and oxygen atoms in total. The van der Waals surface area contributed by atoms with Crippen LogP contribution in [-0.4, -0.2) is 11.9 Å². The number of nitrogens with one attached hydrogen (secondary N) is 2. The summed E-state index contributed by atoms with van der Waals surface area (Å²) in [5.41, 5.74) is 3.65. The number of aryl methyl sites for hydroxylation is 1. The molecule has 2 atom stereocenters. The molecule has 2 aromatic carbocycles. The van der Waals surface area contributed by atoms with E-state index in [4.69, 9.17) is 0 Å². The zero-order valence-electron chi connectivity index (χ0n) is 14.5. The van der Waals surface area contributed by atoms with E-state index in [1.807, 2.05) is 25.1 Å². The second-order valence-electron chi connectivity index (χ2n) is 6.76. The molecule has 0 radical (unpaired) electrons. The summed E-state index contributed by atoms with van der Waals surface area (Å²) in [5.74, 6) is 0.707. The highest BCUT2D eigenvalue weighted by atomic mass is 16.2. The van der Waals surface area contributed by atoms with Crippen molar-refractivity contribution in [3.05, 3.63) is 71.3 Å². The van der Waals surface area contributed by atoms with Crippen LogP contribution in [0.3, 0.4) is 0 Å². The topological polar surface area (TPSA) is 41.1 Å². The third kappa shape index (κ3) is 4.24. The van der Waals surface area contributed by atoms with Crippen LogP contribution in [0.5, 0.6) is 0 Å². The lowest BCUT2D eigenvalue weighted by Crippen LogP contribution is -2.44. The van der Waals surface area contributed by atoms with Crippen molar-refractivity contribution in [1.29, 1.82) is 0 Å². The third-order valence-electron chi connectivity index (χ3n) is 4.79. The Balaban J connectivity index is 1.58. The lowest BCUT2D eigenvalue weighted by Gasteiger charge is -2.23. The van der Waals surface area contributed by atoms with Crippen molar-refractivity contribution in [3.63, 3.8) is 0 Å². The molecule has 0 spiro atoms. The van der Waals surface area contributed by atoms with Gasteiger partial charge in [0.05, 0.1) is 6.04 Å². The fourth-order valence-electron chi connectivity index (χ4n) is 3.08. The highest BCUT2D eigenvalue weighted by molar-refractivity contribution is 5.81. The summed E-state index contributed by atoms with van der Waals surface area (Å²) in [4.78, 5) is 12.5. The molecule has 3 rings (SSSR count). The number of carbonyl (C=O) groups excluding carboxylic acids is 1. The molecule has 0 bridgehead atoms. The van der Waals surface area contributed by atoms with Crippen LogP contribution in [0.1, 0.15) is 42.5 Å². The third-order valence-corrected chi connectivity index (χ3v) is 4.79. The Bertz CT molecular complexity index is 679. The van der Waals surface area contributed by atoms with Crippen LogP contribution in [0.25, 0.3) is 0 Å². The van der Waals surface area contributed by atoms with Crippen LogP contribution >= 0.6 is 0 Å². The lowest BCUT2D eigenvalue weighted by molar-refractivity contribution is -0.123.